The quantitative estimate of drug-likeness (QED) is 0.527. The lowest BCUT2D eigenvalue weighted by atomic mass is 10.1. The van der Waals surface area contributed by atoms with Crippen molar-refractivity contribution in [3.8, 4) is 0 Å². The van der Waals surface area contributed by atoms with E-state index in [1.54, 1.807) is 18.5 Å². The summed E-state index contributed by atoms with van der Waals surface area (Å²) in [7, 11) is 1.34. The van der Waals surface area contributed by atoms with Crippen molar-refractivity contribution in [2.75, 3.05) is 12.8 Å². The van der Waals surface area contributed by atoms with Crippen LogP contribution < -0.4 is 5.73 Å². The Morgan fingerprint density at radius 2 is 2.00 bits per heavy atom. The standard InChI is InChI=1S/C15H16N4O2/c1-11-10-19(15(16)18-11)17-9-13-5-3-12(4-6-13)7-8-14(20)21-2/h3-10H,1-2H3,(H2,16,18). The van der Waals surface area contributed by atoms with Gasteiger partial charge in [0.05, 0.1) is 25.2 Å². The molecule has 6 nitrogen and oxygen atoms in total. The van der Waals surface area contributed by atoms with E-state index in [2.05, 4.69) is 14.8 Å². The van der Waals surface area contributed by atoms with Crippen LogP contribution in [0.5, 0.6) is 0 Å². The summed E-state index contributed by atoms with van der Waals surface area (Å²) < 4.78 is 6.04. The summed E-state index contributed by atoms with van der Waals surface area (Å²) in [6, 6.07) is 7.54. The van der Waals surface area contributed by atoms with E-state index in [0.29, 0.717) is 5.95 Å². The summed E-state index contributed by atoms with van der Waals surface area (Å²) in [5, 5.41) is 4.23. The molecule has 1 aromatic carbocycles. The topological polar surface area (TPSA) is 82.5 Å². The highest BCUT2D eigenvalue weighted by molar-refractivity contribution is 5.87. The predicted octanol–water partition coefficient (Wildman–Crippen LogP) is 1.84. The number of aryl methyl sites for hydroxylation is 1. The number of nitrogen functional groups attached to an aromatic ring is 1. The number of anilines is 1. The van der Waals surface area contributed by atoms with Gasteiger partial charge in [0, 0.05) is 6.08 Å². The number of ether oxygens (including phenoxy) is 1. The second-order valence-corrected chi connectivity index (χ2v) is 4.35. The van der Waals surface area contributed by atoms with Crippen molar-refractivity contribution in [3.63, 3.8) is 0 Å². The van der Waals surface area contributed by atoms with Crippen LogP contribution in [0, 0.1) is 6.92 Å². The molecule has 0 fully saturated rings. The van der Waals surface area contributed by atoms with Crippen molar-refractivity contribution in [2.45, 2.75) is 6.92 Å². The number of aromatic nitrogens is 2. The van der Waals surface area contributed by atoms with Gasteiger partial charge in [-0.15, -0.1) is 0 Å². The van der Waals surface area contributed by atoms with E-state index in [1.807, 2.05) is 31.2 Å². The van der Waals surface area contributed by atoms with Crippen LogP contribution in [0.25, 0.3) is 6.08 Å². The number of benzene rings is 1. The van der Waals surface area contributed by atoms with Gasteiger partial charge in [-0.05, 0) is 24.1 Å². The average Bonchev–Trinajstić information content (AvgIpc) is 2.81. The molecule has 0 unspecified atom stereocenters. The lowest BCUT2D eigenvalue weighted by Gasteiger charge is -1.97. The number of hydrogen-bond acceptors (Lipinski definition) is 5. The Hall–Kier alpha value is -2.89. The molecule has 0 aliphatic carbocycles. The molecule has 2 N–H and O–H groups in total. The number of nitrogens with zero attached hydrogens (tertiary/aromatic N) is 3. The van der Waals surface area contributed by atoms with E-state index >= 15 is 0 Å². The van der Waals surface area contributed by atoms with Gasteiger partial charge < -0.3 is 10.5 Å². The molecule has 1 aromatic heterocycles. The highest BCUT2D eigenvalue weighted by Crippen LogP contribution is 2.06. The molecular weight excluding hydrogens is 268 g/mol. The molecule has 1 heterocycles. The number of methoxy groups -OCH3 is 1. The average molecular weight is 284 g/mol. The molecule has 2 rings (SSSR count). The lowest BCUT2D eigenvalue weighted by molar-refractivity contribution is -0.134. The van der Waals surface area contributed by atoms with Gasteiger partial charge >= 0.3 is 5.97 Å². The normalized spacial score (nSPS) is 11.3. The fourth-order valence-corrected chi connectivity index (χ4v) is 1.65. The SMILES string of the molecule is COC(=O)C=Cc1ccc(C=Nn2cc(C)nc2N)cc1. The summed E-state index contributed by atoms with van der Waals surface area (Å²) in [6.45, 7) is 1.85. The minimum absolute atomic E-state index is 0.349. The molecule has 0 bridgehead atoms. The first-order valence-corrected chi connectivity index (χ1v) is 6.30. The van der Waals surface area contributed by atoms with Gasteiger partial charge in [-0.3, -0.25) is 0 Å². The highest BCUT2D eigenvalue weighted by atomic mass is 16.5. The number of imidazole rings is 1. The van der Waals surface area contributed by atoms with Gasteiger partial charge in [-0.1, -0.05) is 24.3 Å². The third-order valence-electron chi connectivity index (χ3n) is 2.72. The zero-order chi connectivity index (χ0) is 15.2. The molecule has 2 aromatic rings. The number of nitrogens with two attached hydrogens (primary N) is 1. The second kappa shape index (κ2) is 6.51. The number of carbonyl (C=O) groups excluding carboxylic acids is 1. The highest BCUT2D eigenvalue weighted by Gasteiger charge is 1.98. The zero-order valence-corrected chi connectivity index (χ0v) is 11.9. The van der Waals surface area contributed by atoms with Crippen molar-refractivity contribution in [3.05, 3.63) is 53.4 Å². The molecule has 0 aliphatic heterocycles. The number of hydrogen-bond donors (Lipinski definition) is 1. The van der Waals surface area contributed by atoms with Crippen LogP contribution in [0.2, 0.25) is 0 Å². The molecule has 0 saturated carbocycles. The Morgan fingerprint density at radius 1 is 1.33 bits per heavy atom. The molecule has 0 spiro atoms. The van der Waals surface area contributed by atoms with Crippen molar-refractivity contribution in [2.24, 2.45) is 5.10 Å². The van der Waals surface area contributed by atoms with E-state index in [1.165, 1.54) is 17.9 Å². The van der Waals surface area contributed by atoms with Crippen LogP contribution in [0.1, 0.15) is 16.8 Å². The van der Waals surface area contributed by atoms with Crippen molar-refractivity contribution in [1.82, 2.24) is 9.66 Å². The Morgan fingerprint density at radius 3 is 2.57 bits per heavy atom. The van der Waals surface area contributed by atoms with E-state index in [9.17, 15) is 4.79 Å². The number of carbonyl (C=O) groups is 1. The minimum atomic E-state index is -0.383. The van der Waals surface area contributed by atoms with Crippen molar-refractivity contribution >= 4 is 24.2 Å². The molecule has 0 radical (unpaired) electrons. The van der Waals surface area contributed by atoms with Crippen LogP contribution in [0.3, 0.4) is 0 Å². The van der Waals surface area contributed by atoms with Crippen molar-refractivity contribution in [1.29, 1.82) is 0 Å². The Bertz CT molecular complexity index is 684. The third kappa shape index (κ3) is 4.04. The summed E-state index contributed by atoms with van der Waals surface area (Å²) >= 11 is 0. The molecule has 21 heavy (non-hydrogen) atoms. The van der Waals surface area contributed by atoms with E-state index in [4.69, 9.17) is 5.73 Å². The molecule has 108 valence electrons. The third-order valence-corrected chi connectivity index (χ3v) is 2.72. The maximum Gasteiger partial charge on any atom is 0.330 e. The van der Waals surface area contributed by atoms with Crippen LogP contribution in [-0.4, -0.2) is 29.0 Å². The van der Waals surface area contributed by atoms with Crippen LogP contribution in [0.15, 0.2) is 41.6 Å². The second-order valence-electron chi connectivity index (χ2n) is 4.35. The lowest BCUT2D eigenvalue weighted by Crippen LogP contribution is -1.97. The van der Waals surface area contributed by atoms with Gasteiger partial charge in [-0.2, -0.15) is 5.10 Å². The number of esters is 1. The smallest absolute Gasteiger partial charge is 0.330 e. The first-order chi connectivity index (χ1) is 10.1. The molecule has 6 heteroatoms. The predicted molar refractivity (Wildman–Crippen MR) is 81.9 cm³/mol. The maximum absolute atomic E-state index is 11.0. The maximum atomic E-state index is 11.0. The fourth-order valence-electron chi connectivity index (χ4n) is 1.65. The number of rotatable bonds is 4. The first-order valence-electron chi connectivity index (χ1n) is 6.30. The first kappa shape index (κ1) is 14.5. The van der Waals surface area contributed by atoms with Gasteiger partial charge in [-0.25, -0.2) is 14.5 Å². The largest absolute Gasteiger partial charge is 0.466 e. The minimum Gasteiger partial charge on any atom is -0.466 e. The molecular formula is C15H16N4O2. The van der Waals surface area contributed by atoms with Gasteiger partial charge in [0.15, 0.2) is 0 Å². The van der Waals surface area contributed by atoms with Crippen LogP contribution in [-0.2, 0) is 9.53 Å². The van der Waals surface area contributed by atoms with Gasteiger partial charge in [0.2, 0.25) is 5.95 Å². The van der Waals surface area contributed by atoms with Crippen LogP contribution >= 0.6 is 0 Å². The Labute approximate surface area is 122 Å². The summed E-state index contributed by atoms with van der Waals surface area (Å²) in [4.78, 5) is 15.1. The van der Waals surface area contributed by atoms with Gasteiger partial charge in [0.1, 0.15) is 0 Å². The molecule has 0 saturated heterocycles. The van der Waals surface area contributed by atoms with E-state index < -0.39 is 0 Å². The Kier molecular flexibility index (Phi) is 4.50. The van der Waals surface area contributed by atoms with E-state index in [-0.39, 0.29) is 5.97 Å². The fraction of sp³-hybridized carbons (Fsp3) is 0.133. The van der Waals surface area contributed by atoms with E-state index in [0.717, 1.165) is 16.8 Å². The van der Waals surface area contributed by atoms with Crippen molar-refractivity contribution < 1.29 is 9.53 Å². The summed E-state index contributed by atoms with van der Waals surface area (Å²) in [6.07, 6.45) is 6.49. The molecule has 0 aliphatic rings. The Balaban J connectivity index is 2.07. The molecule has 0 atom stereocenters. The molecule has 0 amide bonds. The zero-order valence-electron chi connectivity index (χ0n) is 11.9. The van der Waals surface area contributed by atoms with Gasteiger partial charge in [0.25, 0.3) is 0 Å². The summed E-state index contributed by atoms with van der Waals surface area (Å²) in [5.41, 5.74) is 8.32. The monoisotopic (exact) mass is 284 g/mol. The summed E-state index contributed by atoms with van der Waals surface area (Å²) in [5.74, 6) is -0.0343. The van der Waals surface area contributed by atoms with Crippen LogP contribution in [0.4, 0.5) is 5.95 Å².